The maximum absolute atomic E-state index is 11.9. The lowest BCUT2D eigenvalue weighted by atomic mass is 9.93. The Kier molecular flexibility index (Phi) is 4.33. The van der Waals surface area contributed by atoms with Crippen LogP contribution < -0.4 is 5.73 Å². The largest absolute Gasteiger partial charge is 0.342 e. The number of carbonyl (C=O) groups is 1. The van der Waals surface area contributed by atoms with Crippen molar-refractivity contribution < 1.29 is 4.79 Å². The lowest BCUT2D eigenvalue weighted by Gasteiger charge is -2.29. The zero-order valence-corrected chi connectivity index (χ0v) is 11.0. The smallest absolute Gasteiger partial charge is 0.236 e. The van der Waals surface area contributed by atoms with Gasteiger partial charge in [0.25, 0.3) is 0 Å². The molecule has 0 aromatic heterocycles. The molecule has 1 rings (SSSR count). The molecule has 1 aliphatic carbocycles. The third kappa shape index (κ3) is 4.10. The van der Waals surface area contributed by atoms with Crippen molar-refractivity contribution in [1.29, 1.82) is 0 Å². The van der Waals surface area contributed by atoms with Crippen LogP contribution in [0.5, 0.6) is 0 Å². The number of nitrogens with two attached hydrogens (primary N) is 1. The summed E-state index contributed by atoms with van der Waals surface area (Å²) in [4.78, 5) is 15.8. The summed E-state index contributed by atoms with van der Waals surface area (Å²) >= 11 is 0. The van der Waals surface area contributed by atoms with Gasteiger partial charge < -0.3 is 10.6 Å². The third-order valence-electron chi connectivity index (χ3n) is 3.14. The normalized spacial score (nSPS) is 16.6. The Morgan fingerprint density at radius 2 is 1.94 bits per heavy atom. The summed E-state index contributed by atoms with van der Waals surface area (Å²) in [5.41, 5.74) is 5.76. The Bertz CT molecular complexity index is 249. The first-order valence-corrected chi connectivity index (χ1v) is 6.00. The van der Waals surface area contributed by atoms with Gasteiger partial charge in [0.2, 0.25) is 5.91 Å². The fraction of sp³-hybridized carbons (Fsp3) is 0.917. The molecule has 94 valence electrons. The van der Waals surface area contributed by atoms with E-state index in [1.54, 1.807) is 0 Å². The highest BCUT2D eigenvalue weighted by Crippen LogP contribution is 2.25. The van der Waals surface area contributed by atoms with Gasteiger partial charge in [-0.15, -0.1) is 0 Å². The quantitative estimate of drug-likeness (QED) is 0.720. The number of likely N-dealkylation sites (N-methyl/N-ethyl adjacent to an activating group) is 2. The van der Waals surface area contributed by atoms with E-state index in [1.807, 2.05) is 19.0 Å². The van der Waals surface area contributed by atoms with E-state index in [0.717, 1.165) is 6.54 Å². The topological polar surface area (TPSA) is 49.6 Å². The van der Waals surface area contributed by atoms with Crippen LogP contribution in [-0.2, 0) is 4.79 Å². The van der Waals surface area contributed by atoms with Crippen LogP contribution in [0.2, 0.25) is 0 Å². The van der Waals surface area contributed by atoms with E-state index in [9.17, 15) is 4.79 Å². The molecule has 0 radical (unpaired) electrons. The number of amides is 1. The summed E-state index contributed by atoms with van der Waals surface area (Å²) in [6, 6.07) is 0.503. The highest BCUT2D eigenvalue weighted by Gasteiger charge is 2.30. The number of nitrogens with zero attached hydrogens (tertiary/aromatic N) is 2. The van der Waals surface area contributed by atoms with Crippen LogP contribution in [0.25, 0.3) is 0 Å². The second-order valence-corrected chi connectivity index (χ2v) is 5.78. The minimum Gasteiger partial charge on any atom is -0.342 e. The number of rotatable bonds is 6. The minimum atomic E-state index is 0.0766. The van der Waals surface area contributed by atoms with Gasteiger partial charge in [-0.25, -0.2) is 0 Å². The molecule has 1 amide bonds. The highest BCUT2D eigenvalue weighted by molar-refractivity contribution is 5.78. The first-order chi connectivity index (χ1) is 7.35. The van der Waals surface area contributed by atoms with E-state index >= 15 is 0 Å². The summed E-state index contributed by atoms with van der Waals surface area (Å²) in [7, 11) is 3.89. The maximum atomic E-state index is 11.9. The Morgan fingerprint density at radius 3 is 2.38 bits per heavy atom. The third-order valence-corrected chi connectivity index (χ3v) is 3.14. The average molecular weight is 227 g/mol. The van der Waals surface area contributed by atoms with E-state index in [2.05, 4.69) is 18.7 Å². The summed E-state index contributed by atoms with van der Waals surface area (Å²) < 4.78 is 0. The van der Waals surface area contributed by atoms with Crippen LogP contribution in [0.1, 0.15) is 26.7 Å². The van der Waals surface area contributed by atoms with E-state index in [1.165, 1.54) is 12.8 Å². The number of hydrogen-bond donors (Lipinski definition) is 1. The summed E-state index contributed by atoms with van der Waals surface area (Å²) in [5.74, 6) is 0.220. The second-order valence-electron chi connectivity index (χ2n) is 5.78. The predicted molar refractivity (Wildman–Crippen MR) is 66.1 cm³/mol. The molecule has 0 aliphatic heterocycles. The van der Waals surface area contributed by atoms with Crippen molar-refractivity contribution >= 4 is 5.91 Å². The zero-order chi connectivity index (χ0) is 12.3. The molecular weight excluding hydrogens is 202 g/mol. The van der Waals surface area contributed by atoms with Gasteiger partial charge in [-0.3, -0.25) is 9.69 Å². The molecule has 0 aromatic carbocycles. The molecule has 0 atom stereocenters. The summed E-state index contributed by atoms with van der Waals surface area (Å²) in [5, 5.41) is 0. The summed E-state index contributed by atoms with van der Waals surface area (Å²) in [6.07, 6.45) is 2.33. The number of carbonyl (C=O) groups excluding carboxylic acids is 1. The van der Waals surface area contributed by atoms with Crippen molar-refractivity contribution in [2.75, 3.05) is 33.7 Å². The maximum Gasteiger partial charge on any atom is 0.236 e. The van der Waals surface area contributed by atoms with Gasteiger partial charge >= 0.3 is 0 Å². The monoisotopic (exact) mass is 227 g/mol. The van der Waals surface area contributed by atoms with Crippen LogP contribution in [0.4, 0.5) is 0 Å². The molecule has 16 heavy (non-hydrogen) atoms. The molecule has 1 fully saturated rings. The fourth-order valence-electron chi connectivity index (χ4n) is 1.86. The molecule has 0 spiro atoms. The minimum absolute atomic E-state index is 0.0766. The van der Waals surface area contributed by atoms with Crippen molar-refractivity contribution in [2.45, 2.75) is 32.7 Å². The molecule has 4 heteroatoms. The van der Waals surface area contributed by atoms with E-state index in [4.69, 9.17) is 5.73 Å². The lowest BCUT2D eigenvalue weighted by Crippen LogP contribution is -2.43. The molecule has 1 saturated carbocycles. The van der Waals surface area contributed by atoms with Crippen LogP contribution >= 0.6 is 0 Å². The van der Waals surface area contributed by atoms with Crippen LogP contribution in [0, 0.1) is 5.41 Å². The van der Waals surface area contributed by atoms with Crippen LogP contribution in [-0.4, -0.2) is 55.5 Å². The molecule has 0 bridgehead atoms. The second kappa shape index (κ2) is 5.15. The van der Waals surface area contributed by atoms with E-state index in [0.29, 0.717) is 19.1 Å². The van der Waals surface area contributed by atoms with Gasteiger partial charge in [0.15, 0.2) is 0 Å². The van der Waals surface area contributed by atoms with Gasteiger partial charge in [0, 0.05) is 19.6 Å². The van der Waals surface area contributed by atoms with Crippen molar-refractivity contribution in [3.05, 3.63) is 0 Å². The molecule has 0 saturated heterocycles. The van der Waals surface area contributed by atoms with Gasteiger partial charge in [-0.05, 0) is 31.8 Å². The molecular formula is C12H25N3O. The van der Waals surface area contributed by atoms with E-state index < -0.39 is 0 Å². The number of hydrogen-bond acceptors (Lipinski definition) is 3. The Hall–Kier alpha value is -0.610. The van der Waals surface area contributed by atoms with Gasteiger partial charge in [0.1, 0.15) is 0 Å². The molecule has 0 aromatic rings. The van der Waals surface area contributed by atoms with Crippen molar-refractivity contribution in [1.82, 2.24) is 9.80 Å². The van der Waals surface area contributed by atoms with Crippen molar-refractivity contribution in [2.24, 2.45) is 11.1 Å². The van der Waals surface area contributed by atoms with E-state index in [-0.39, 0.29) is 11.3 Å². The Balaban J connectivity index is 2.32. The first kappa shape index (κ1) is 13.5. The highest BCUT2D eigenvalue weighted by atomic mass is 16.2. The van der Waals surface area contributed by atoms with Gasteiger partial charge in [-0.1, -0.05) is 13.8 Å². The van der Waals surface area contributed by atoms with Crippen LogP contribution in [0.3, 0.4) is 0 Å². The zero-order valence-electron chi connectivity index (χ0n) is 11.0. The molecule has 1 aliphatic rings. The van der Waals surface area contributed by atoms with Gasteiger partial charge in [-0.2, -0.15) is 0 Å². The van der Waals surface area contributed by atoms with Crippen molar-refractivity contribution in [3.63, 3.8) is 0 Å². The first-order valence-electron chi connectivity index (χ1n) is 6.00. The Labute approximate surface area is 98.8 Å². The molecule has 0 heterocycles. The molecule has 2 N–H and O–H groups in total. The lowest BCUT2D eigenvalue weighted by molar-refractivity contribution is -0.131. The molecule has 0 unspecified atom stereocenters. The Morgan fingerprint density at radius 1 is 1.38 bits per heavy atom. The molecule has 4 nitrogen and oxygen atoms in total. The standard InChI is InChI=1S/C12H25N3O/c1-12(2,8-13)9-14(3)7-11(16)15(4)10-5-6-10/h10H,5-9,13H2,1-4H3. The van der Waals surface area contributed by atoms with Crippen molar-refractivity contribution in [3.8, 4) is 0 Å². The average Bonchev–Trinajstić information content (AvgIpc) is 2.98. The SMILES string of the molecule is CN(CC(=O)N(C)C1CC1)CC(C)(C)CN. The fourth-order valence-corrected chi connectivity index (χ4v) is 1.86. The predicted octanol–water partition coefficient (Wildman–Crippen LogP) is 0.524. The van der Waals surface area contributed by atoms with Gasteiger partial charge in [0.05, 0.1) is 6.54 Å². The summed E-state index contributed by atoms with van der Waals surface area (Å²) in [6.45, 7) is 6.24. The van der Waals surface area contributed by atoms with Crippen LogP contribution in [0.15, 0.2) is 0 Å².